The quantitative estimate of drug-likeness (QED) is 0.362. The van der Waals surface area contributed by atoms with E-state index in [9.17, 15) is 5.11 Å². The third-order valence-corrected chi connectivity index (χ3v) is 21.6. The Hall–Kier alpha value is -0.681. The summed E-state index contributed by atoms with van der Waals surface area (Å²) in [5.41, 5.74) is 0.907. The van der Waals surface area contributed by atoms with Crippen molar-refractivity contribution in [1.29, 1.82) is 0 Å². The van der Waals surface area contributed by atoms with Crippen LogP contribution in [0, 0.1) is 0 Å². The molecule has 1 aromatic carbocycles. The summed E-state index contributed by atoms with van der Waals surface area (Å²) in [6.07, 6.45) is 6.94. The second-order valence-corrected chi connectivity index (χ2v) is 21.1. The van der Waals surface area contributed by atoms with E-state index in [4.69, 9.17) is 9.47 Å². The Bertz CT molecular complexity index is 563. The van der Waals surface area contributed by atoms with Crippen LogP contribution in [0.1, 0.15) is 71.0 Å². The van der Waals surface area contributed by atoms with Crippen molar-refractivity contribution in [2.75, 3.05) is 6.79 Å². The van der Waals surface area contributed by atoms with E-state index in [1.54, 1.807) is 0 Å². The maximum absolute atomic E-state index is 11.2. The molecule has 26 heavy (non-hydrogen) atoms. The van der Waals surface area contributed by atoms with Crippen molar-refractivity contribution >= 4 is 18.4 Å². The van der Waals surface area contributed by atoms with Crippen molar-refractivity contribution in [2.45, 2.75) is 78.7 Å². The van der Waals surface area contributed by atoms with E-state index in [-0.39, 0.29) is 6.79 Å². The van der Waals surface area contributed by atoms with E-state index in [2.05, 4.69) is 27.4 Å². The van der Waals surface area contributed by atoms with Crippen molar-refractivity contribution in [3.63, 3.8) is 0 Å². The van der Waals surface area contributed by atoms with Gasteiger partial charge in [-0.1, -0.05) is 0 Å². The van der Waals surface area contributed by atoms with Gasteiger partial charge in [0, 0.05) is 0 Å². The van der Waals surface area contributed by atoms with Gasteiger partial charge in [-0.2, -0.15) is 0 Å². The molecule has 0 radical (unpaired) electrons. The molecule has 0 unspecified atom stereocenters. The zero-order valence-electron chi connectivity index (χ0n) is 16.9. The van der Waals surface area contributed by atoms with E-state index >= 15 is 0 Å². The molecule has 1 atom stereocenters. The van der Waals surface area contributed by atoms with Crippen molar-refractivity contribution in [2.24, 2.45) is 0 Å². The van der Waals surface area contributed by atoms with E-state index in [0.29, 0.717) is 0 Å². The first-order valence-electron chi connectivity index (χ1n) is 10.3. The van der Waals surface area contributed by atoms with Gasteiger partial charge >= 0.3 is 164 Å². The number of rotatable bonds is 12. The van der Waals surface area contributed by atoms with Crippen LogP contribution in [0.5, 0.6) is 11.5 Å². The number of ether oxygens (including phenoxy) is 2. The van der Waals surface area contributed by atoms with Gasteiger partial charge in [0.1, 0.15) is 0 Å². The maximum atomic E-state index is 11.2. The molecule has 1 aliphatic rings. The molecule has 0 bridgehead atoms. The number of aliphatic hydroxyl groups is 1. The fraction of sp³-hybridized carbons (Fsp3) is 0.636. The molecule has 1 heterocycles. The summed E-state index contributed by atoms with van der Waals surface area (Å²) in [6, 6.07) is 5.82. The number of hydrogen-bond donors (Lipinski definition) is 1. The van der Waals surface area contributed by atoms with Gasteiger partial charge in [-0.15, -0.1) is 0 Å². The van der Waals surface area contributed by atoms with E-state index in [0.717, 1.165) is 17.1 Å². The molecule has 1 aliphatic heterocycles. The second-order valence-electron chi connectivity index (χ2n) is 7.63. The summed E-state index contributed by atoms with van der Waals surface area (Å²) in [5, 5.41) is 11.2. The third kappa shape index (κ3) is 5.19. The predicted molar refractivity (Wildman–Crippen MR) is 112 cm³/mol. The minimum absolute atomic E-state index is 0.266. The van der Waals surface area contributed by atoms with Crippen LogP contribution in [0.25, 0.3) is 0 Å². The average Bonchev–Trinajstić information content (AvgIpc) is 3.14. The summed E-state index contributed by atoms with van der Waals surface area (Å²) >= 11 is -2.66. The molecule has 0 amide bonds. The number of fused-ring (bicyclic) bond motifs is 1. The molecule has 0 aliphatic carbocycles. The van der Waals surface area contributed by atoms with Crippen molar-refractivity contribution in [3.05, 3.63) is 33.9 Å². The topological polar surface area (TPSA) is 38.7 Å². The van der Waals surface area contributed by atoms with Crippen LogP contribution in [-0.2, 0) is 0 Å². The zero-order valence-corrected chi connectivity index (χ0v) is 19.7. The predicted octanol–water partition coefficient (Wildman–Crippen LogP) is 6.39. The molecule has 3 nitrogen and oxygen atoms in total. The molecule has 146 valence electrons. The van der Waals surface area contributed by atoms with Crippen molar-refractivity contribution < 1.29 is 14.6 Å². The number of unbranched alkanes of at least 4 members (excludes halogenated alkanes) is 3. The van der Waals surface area contributed by atoms with Gasteiger partial charge in [-0.3, -0.25) is 0 Å². The van der Waals surface area contributed by atoms with Gasteiger partial charge in [0.2, 0.25) is 0 Å². The molecule has 0 fully saturated rings. The fourth-order valence-electron chi connectivity index (χ4n) is 3.98. The van der Waals surface area contributed by atoms with Gasteiger partial charge in [0.15, 0.2) is 0 Å². The molecule has 0 spiro atoms. The molecule has 0 saturated heterocycles. The van der Waals surface area contributed by atoms with Gasteiger partial charge in [0.25, 0.3) is 0 Å². The summed E-state index contributed by atoms with van der Waals surface area (Å²) in [4.78, 5) is 0. The average molecular weight is 467 g/mol. The Morgan fingerprint density at radius 1 is 1.00 bits per heavy atom. The monoisotopic (exact) mass is 468 g/mol. The first-order chi connectivity index (χ1) is 12.6. The van der Waals surface area contributed by atoms with Crippen LogP contribution in [0.3, 0.4) is 0 Å². The summed E-state index contributed by atoms with van der Waals surface area (Å²) in [7, 11) is 0. The number of hydrogen-bond acceptors (Lipinski definition) is 3. The van der Waals surface area contributed by atoms with Crippen LogP contribution in [0.15, 0.2) is 28.4 Å². The first-order valence-corrected chi connectivity index (χ1v) is 17.8. The van der Waals surface area contributed by atoms with Crippen LogP contribution in [-0.4, -0.2) is 30.3 Å². The molecular weight excluding hydrogens is 431 g/mol. The second kappa shape index (κ2) is 10.6. The minimum atomic E-state index is -2.66. The fourth-order valence-corrected chi connectivity index (χ4v) is 19.8. The van der Waals surface area contributed by atoms with Crippen LogP contribution in [0.4, 0.5) is 0 Å². The Labute approximate surface area is 163 Å². The van der Waals surface area contributed by atoms with Crippen molar-refractivity contribution in [1.82, 2.24) is 0 Å². The molecule has 0 saturated carbocycles. The standard InChI is InChI=1S/C10H9O3.3C4H9.Sn/c1-2-8(11)7-3-4-9-10(5-7)13-6-12-9;3*1-3-4-2;/h3-5,8,11H,1,6H2;3*1,3-4H2,2H3;/t8-;;;;/m0..../s1. The van der Waals surface area contributed by atoms with Gasteiger partial charge in [-0.05, 0) is 0 Å². The van der Waals surface area contributed by atoms with Crippen LogP contribution < -0.4 is 9.47 Å². The number of aliphatic hydroxyl groups excluding tert-OH is 1. The van der Waals surface area contributed by atoms with Crippen molar-refractivity contribution in [3.8, 4) is 11.5 Å². The van der Waals surface area contributed by atoms with Crippen LogP contribution >= 0.6 is 0 Å². The molecule has 0 aromatic heterocycles. The summed E-state index contributed by atoms with van der Waals surface area (Å²) in [5.74, 6) is 1.51. The van der Waals surface area contributed by atoms with Gasteiger partial charge in [0.05, 0.1) is 0 Å². The Morgan fingerprint density at radius 2 is 1.54 bits per heavy atom. The van der Waals surface area contributed by atoms with Crippen LogP contribution in [0.2, 0.25) is 13.3 Å². The van der Waals surface area contributed by atoms with Gasteiger partial charge in [-0.25, -0.2) is 0 Å². The van der Waals surface area contributed by atoms with E-state index < -0.39 is 24.5 Å². The Balaban J connectivity index is 2.26. The summed E-state index contributed by atoms with van der Waals surface area (Å²) in [6.45, 7) is 11.6. The third-order valence-electron chi connectivity index (χ3n) is 5.75. The molecule has 4 heteroatoms. The molecule has 1 N–H and O–H groups in total. The van der Waals surface area contributed by atoms with E-state index in [1.165, 1.54) is 55.4 Å². The summed E-state index contributed by atoms with van der Waals surface area (Å²) < 4.78 is 16.1. The normalized spacial score (nSPS) is 14.5. The Kier molecular flexibility index (Phi) is 8.81. The molecule has 2 rings (SSSR count). The number of benzene rings is 1. The van der Waals surface area contributed by atoms with Gasteiger partial charge < -0.3 is 0 Å². The van der Waals surface area contributed by atoms with E-state index in [1.807, 2.05) is 18.2 Å². The SMILES string of the molecule is C=[C]([C@H](O)c1ccc2c(c1)OCO2)[Sn]([CH2]CCC)([CH2]CCC)[CH2]CCC. The first kappa shape index (κ1) is 21.6. The molecule has 1 aromatic rings. The molecular formula is C22H36O3Sn. The Morgan fingerprint density at radius 3 is 2.08 bits per heavy atom. The zero-order chi connectivity index (χ0) is 19.0.